The number of imide groups is 2. The Balaban J connectivity index is 1.54. The maximum Gasteiger partial charge on any atom is 0.335 e. The lowest BCUT2D eigenvalue weighted by molar-refractivity contribution is -0.122. The zero-order valence-electron chi connectivity index (χ0n) is 19.9. The van der Waals surface area contributed by atoms with E-state index < -0.39 is 17.8 Å². The molecule has 0 radical (unpaired) electrons. The molecule has 1 fully saturated rings. The number of halogens is 1. The highest BCUT2D eigenvalue weighted by Crippen LogP contribution is 2.31. The molecule has 1 heterocycles. The zero-order chi connectivity index (χ0) is 26.5. The Morgan fingerprint density at radius 2 is 1.78 bits per heavy atom. The van der Waals surface area contributed by atoms with E-state index in [0.717, 1.165) is 4.90 Å². The third kappa shape index (κ3) is 5.62. The summed E-state index contributed by atoms with van der Waals surface area (Å²) in [4.78, 5) is 51.3. The summed E-state index contributed by atoms with van der Waals surface area (Å²) in [5.41, 5.74) is 1.61. The minimum Gasteiger partial charge on any atom is -0.493 e. The molecule has 188 valence electrons. The Morgan fingerprint density at radius 3 is 2.51 bits per heavy atom. The fourth-order valence-corrected chi connectivity index (χ4v) is 3.81. The number of ether oxygens (including phenoxy) is 2. The summed E-state index contributed by atoms with van der Waals surface area (Å²) in [5.74, 6) is -1.41. The number of urea groups is 1. The van der Waals surface area contributed by atoms with Gasteiger partial charge in [-0.3, -0.25) is 19.7 Å². The van der Waals surface area contributed by atoms with E-state index in [9.17, 15) is 19.2 Å². The van der Waals surface area contributed by atoms with Crippen molar-refractivity contribution in [1.29, 1.82) is 0 Å². The molecule has 0 spiro atoms. The van der Waals surface area contributed by atoms with Crippen molar-refractivity contribution < 1.29 is 28.7 Å². The van der Waals surface area contributed by atoms with Crippen LogP contribution in [0.1, 0.15) is 11.1 Å². The van der Waals surface area contributed by atoms with E-state index in [1.165, 1.54) is 13.2 Å². The Bertz CT molecular complexity index is 1420. The molecule has 0 unspecified atom stereocenters. The number of carbonyl (C=O) groups is 4. The van der Waals surface area contributed by atoms with Gasteiger partial charge >= 0.3 is 6.03 Å². The molecule has 0 bridgehead atoms. The van der Waals surface area contributed by atoms with Crippen LogP contribution in [0.2, 0.25) is 5.02 Å². The predicted octanol–water partition coefficient (Wildman–Crippen LogP) is 4.34. The van der Waals surface area contributed by atoms with Crippen LogP contribution < -0.4 is 25.0 Å². The molecule has 0 aromatic heterocycles. The van der Waals surface area contributed by atoms with Gasteiger partial charge in [0.05, 0.1) is 12.8 Å². The molecule has 1 aliphatic rings. The van der Waals surface area contributed by atoms with Crippen LogP contribution in [-0.2, 0) is 14.4 Å². The van der Waals surface area contributed by atoms with Gasteiger partial charge in [-0.15, -0.1) is 0 Å². The standard InChI is InChI=1S/C27H22ClN3O6/c1-16-20(28)9-6-10-21(16)31-26(34)19(25(33)30-27(31)35)13-17-11-12-22(23(14-17)36-2)37-15-24(32)29-18-7-4-3-5-8-18/h3-14H,15H2,1-2H3,(H,29,32)(H,30,33,35)/b19-13+. The number of hydrogen-bond donors (Lipinski definition) is 2. The highest BCUT2D eigenvalue weighted by atomic mass is 35.5. The zero-order valence-corrected chi connectivity index (χ0v) is 20.7. The van der Waals surface area contributed by atoms with Crippen molar-refractivity contribution >= 4 is 52.8 Å². The molecule has 5 amide bonds. The molecule has 37 heavy (non-hydrogen) atoms. The number of nitrogens with one attached hydrogen (secondary N) is 2. The topological polar surface area (TPSA) is 114 Å². The summed E-state index contributed by atoms with van der Waals surface area (Å²) < 4.78 is 11.0. The van der Waals surface area contributed by atoms with Gasteiger partial charge in [0.1, 0.15) is 5.57 Å². The largest absolute Gasteiger partial charge is 0.493 e. The van der Waals surface area contributed by atoms with E-state index in [4.69, 9.17) is 21.1 Å². The van der Waals surface area contributed by atoms with Crippen LogP contribution in [0.3, 0.4) is 0 Å². The third-order valence-electron chi connectivity index (χ3n) is 5.50. The molecule has 4 rings (SSSR count). The molecule has 3 aromatic rings. The van der Waals surface area contributed by atoms with Gasteiger partial charge in [0, 0.05) is 10.7 Å². The number of nitrogens with zero attached hydrogens (tertiary/aromatic N) is 1. The third-order valence-corrected chi connectivity index (χ3v) is 5.91. The van der Waals surface area contributed by atoms with Crippen LogP contribution in [0.4, 0.5) is 16.2 Å². The fourth-order valence-electron chi connectivity index (χ4n) is 3.64. The van der Waals surface area contributed by atoms with Crippen molar-refractivity contribution in [1.82, 2.24) is 5.32 Å². The van der Waals surface area contributed by atoms with Crippen molar-refractivity contribution in [2.45, 2.75) is 6.92 Å². The molecule has 1 saturated heterocycles. The van der Waals surface area contributed by atoms with Crippen LogP contribution in [-0.4, -0.2) is 37.5 Å². The lowest BCUT2D eigenvalue weighted by atomic mass is 10.1. The monoisotopic (exact) mass is 519 g/mol. The van der Waals surface area contributed by atoms with Gasteiger partial charge in [-0.05, 0) is 60.5 Å². The van der Waals surface area contributed by atoms with E-state index in [0.29, 0.717) is 27.6 Å². The number of methoxy groups -OCH3 is 1. The van der Waals surface area contributed by atoms with Gasteiger partial charge in [0.2, 0.25) is 0 Å². The van der Waals surface area contributed by atoms with Crippen LogP contribution in [0, 0.1) is 6.92 Å². The molecule has 10 heteroatoms. The van der Waals surface area contributed by atoms with Crippen LogP contribution >= 0.6 is 11.6 Å². The van der Waals surface area contributed by atoms with Crippen molar-refractivity contribution in [3.05, 3.63) is 88.5 Å². The first-order valence-electron chi connectivity index (χ1n) is 11.1. The second-order valence-electron chi connectivity index (χ2n) is 7.95. The van der Waals surface area contributed by atoms with Gasteiger partial charge in [-0.2, -0.15) is 0 Å². The molecule has 1 aliphatic heterocycles. The summed E-state index contributed by atoms with van der Waals surface area (Å²) in [7, 11) is 1.42. The highest BCUT2D eigenvalue weighted by Gasteiger charge is 2.37. The first-order valence-corrected chi connectivity index (χ1v) is 11.5. The fraction of sp³-hybridized carbons (Fsp3) is 0.111. The Morgan fingerprint density at radius 1 is 1.03 bits per heavy atom. The van der Waals surface area contributed by atoms with Gasteiger partial charge < -0.3 is 14.8 Å². The van der Waals surface area contributed by atoms with Gasteiger partial charge in [-0.1, -0.05) is 41.9 Å². The van der Waals surface area contributed by atoms with Crippen molar-refractivity contribution in [3.63, 3.8) is 0 Å². The smallest absolute Gasteiger partial charge is 0.335 e. The Labute approximate surface area is 217 Å². The van der Waals surface area contributed by atoms with Crippen molar-refractivity contribution in [2.75, 3.05) is 23.9 Å². The number of anilines is 2. The van der Waals surface area contributed by atoms with Crippen LogP contribution in [0.5, 0.6) is 11.5 Å². The lowest BCUT2D eigenvalue weighted by Crippen LogP contribution is -2.54. The molecule has 9 nitrogen and oxygen atoms in total. The average Bonchev–Trinajstić information content (AvgIpc) is 2.88. The van der Waals surface area contributed by atoms with Crippen molar-refractivity contribution in [2.24, 2.45) is 0 Å². The number of barbiturate groups is 1. The summed E-state index contributed by atoms with van der Waals surface area (Å²) in [6, 6.07) is 17.6. The number of carbonyl (C=O) groups excluding carboxylic acids is 4. The maximum atomic E-state index is 13.2. The lowest BCUT2D eigenvalue weighted by Gasteiger charge is -2.27. The molecule has 2 N–H and O–H groups in total. The maximum absolute atomic E-state index is 13.2. The van der Waals surface area contributed by atoms with E-state index in [1.54, 1.807) is 67.6 Å². The number of benzene rings is 3. The van der Waals surface area contributed by atoms with E-state index in [-0.39, 0.29) is 29.5 Å². The van der Waals surface area contributed by atoms with E-state index in [2.05, 4.69) is 10.6 Å². The number of hydrogen-bond acceptors (Lipinski definition) is 6. The Kier molecular flexibility index (Phi) is 7.55. The van der Waals surface area contributed by atoms with E-state index in [1.807, 2.05) is 6.07 Å². The minimum absolute atomic E-state index is 0.253. The predicted molar refractivity (Wildman–Crippen MR) is 139 cm³/mol. The number of para-hydroxylation sites is 1. The summed E-state index contributed by atoms with van der Waals surface area (Å²) in [6.45, 7) is 1.41. The quantitative estimate of drug-likeness (QED) is 0.354. The number of rotatable bonds is 7. The first kappa shape index (κ1) is 25.5. The average molecular weight is 520 g/mol. The van der Waals surface area contributed by atoms with Gasteiger partial charge in [0.25, 0.3) is 17.7 Å². The van der Waals surface area contributed by atoms with E-state index >= 15 is 0 Å². The highest BCUT2D eigenvalue weighted by molar-refractivity contribution is 6.40. The Hall–Kier alpha value is -4.63. The second-order valence-corrected chi connectivity index (χ2v) is 8.36. The van der Waals surface area contributed by atoms with Gasteiger partial charge in [0.15, 0.2) is 18.1 Å². The normalized spacial score (nSPS) is 14.4. The molecular weight excluding hydrogens is 498 g/mol. The molecule has 0 atom stereocenters. The molecular formula is C27H22ClN3O6. The summed E-state index contributed by atoms with van der Waals surface area (Å²) in [5, 5.41) is 5.27. The summed E-state index contributed by atoms with van der Waals surface area (Å²) in [6.07, 6.45) is 1.34. The van der Waals surface area contributed by atoms with Gasteiger partial charge in [-0.25, -0.2) is 9.69 Å². The molecule has 3 aromatic carbocycles. The number of amides is 5. The SMILES string of the molecule is COc1cc(/C=C2\C(=O)NC(=O)N(c3cccc(Cl)c3C)C2=O)ccc1OCC(=O)Nc1ccccc1. The molecule has 0 saturated carbocycles. The van der Waals surface area contributed by atoms with Crippen LogP contribution in [0.25, 0.3) is 6.08 Å². The molecule has 0 aliphatic carbocycles. The first-order chi connectivity index (χ1) is 17.8. The minimum atomic E-state index is -0.868. The second kappa shape index (κ2) is 11.0. The van der Waals surface area contributed by atoms with Crippen LogP contribution in [0.15, 0.2) is 72.3 Å². The van der Waals surface area contributed by atoms with Crippen molar-refractivity contribution in [3.8, 4) is 11.5 Å². The summed E-state index contributed by atoms with van der Waals surface area (Å²) >= 11 is 6.16.